The van der Waals surface area contributed by atoms with E-state index in [9.17, 15) is 18.3 Å². The molecule has 0 aliphatic carbocycles. The zero-order valence-corrected chi connectivity index (χ0v) is 13.6. The van der Waals surface area contributed by atoms with Gasteiger partial charge < -0.3 is 9.90 Å². The molecule has 0 radical (unpaired) electrons. The molecule has 0 saturated carbocycles. The van der Waals surface area contributed by atoms with Crippen LogP contribution in [0.25, 0.3) is 0 Å². The summed E-state index contributed by atoms with van der Waals surface area (Å²) in [5, 5.41) is 10.4. The number of nitrogens with one attached hydrogen (secondary N) is 1. The maximum atomic E-state index is 12.4. The van der Waals surface area contributed by atoms with Crippen LogP contribution in [0.4, 0.5) is 5.69 Å². The van der Waals surface area contributed by atoms with Crippen molar-refractivity contribution in [3.05, 3.63) is 59.7 Å². The third kappa shape index (κ3) is 4.56. The third-order valence-corrected chi connectivity index (χ3v) is 4.88. The molecule has 1 N–H and O–H groups in total. The normalized spacial score (nSPS) is 11.2. The smallest absolute Gasteiger partial charge is 0.261 e. The molecule has 0 aromatic heterocycles. The number of carbonyl (C=O) groups is 1. The first-order chi connectivity index (χ1) is 10.9. The number of aliphatic carboxylic acids is 1. The lowest BCUT2D eigenvalue weighted by Crippen LogP contribution is -2.22. The van der Waals surface area contributed by atoms with Crippen LogP contribution in [0.5, 0.6) is 0 Å². The van der Waals surface area contributed by atoms with Crippen LogP contribution >= 0.6 is 0 Å². The van der Waals surface area contributed by atoms with Crippen molar-refractivity contribution in [3.63, 3.8) is 0 Å². The van der Waals surface area contributed by atoms with Crippen molar-refractivity contribution in [2.75, 3.05) is 4.72 Å². The number of hydrogen-bond acceptors (Lipinski definition) is 4. The zero-order chi connectivity index (χ0) is 16.9. The van der Waals surface area contributed by atoms with Crippen molar-refractivity contribution in [2.45, 2.75) is 31.1 Å². The van der Waals surface area contributed by atoms with Gasteiger partial charge in [0, 0.05) is 5.97 Å². The summed E-state index contributed by atoms with van der Waals surface area (Å²) >= 11 is 0. The molecule has 2 aromatic rings. The summed E-state index contributed by atoms with van der Waals surface area (Å²) in [5.41, 5.74) is 2.24. The quantitative estimate of drug-likeness (QED) is 0.836. The number of aryl methyl sites for hydroxylation is 2. The minimum atomic E-state index is -3.67. The third-order valence-electron chi connectivity index (χ3n) is 3.49. The van der Waals surface area contributed by atoms with Gasteiger partial charge in [0.2, 0.25) is 0 Å². The Hall–Kier alpha value is -2.34. The second-order valence-corrected chi connectivity index (χ2v) is 6.81. The predicted molar refractivity (Wildman–Crippen MR) is 86.4 cm³/mol. The summed E-state index contributed by atoms with van der Waals surface area (Å²) in [6, 6.07) is 13.4. The van der Waals surface area contributed by atoms with Crippen LogP contribution in [-0.2, 0) is 27.7 Å². The van der Waals surface area contributed by atoms with Crippen molar-refractivity contribution in [1.82, 2.24) is 0 Å². The largest absolute Gasteiger partial charge is 0.550 e. The Bertz CT molecular complexity index is 782. The fraction of sp³-hybridized carbons (Fsp3) is 0.235. The number of carboxylic acid groups (broad SMARTS) is 1. The molecule has 0 spiro atoms. The summed E-state index contributed by atoms with van der Waals surface area (Å²) in [6.07, 6.45) is 0.948. The van der Waals surface area contributed by atoms with E-state index in [1.807, 2.05) is 19.1 Å². The number of sulfonamides is 1. The lowest BCUT2D eigenvalue weighted by Gasteiger charge is -2.12. The van der Waals surface area contributed by atoms with Crippen LogP contribution in [0.2, 0.25) is 0 Å². The van der Waals surface area contributed by atoms with E-state index < -0.39 is 16.0 Å². The number of carbonyl (C=O) groups excluding carboxylic acids is 1. The first-order valence-electron chi connectivity index (χ1n) is 7.32. The van der Waals surface area contributed by atoms with Gasteiger partial charge >= 0.3 is 0 Å². The summed E-state index contributed by atoms with van der Waals surface area (Å²) in [7, 11) is -3.67. The fourth-order valence-electron chi connectivity index (χ4n) is 2.21. The van der Waals surface area contributed by atoms with E-state index in [0.717, 1.165) is 17.5 Å². The van der Waals surface area contributed by atoms with E-state index in [1.54, 1.807) is 24.3 Å². The molecule has 0 amide bonds. The molecule has 23 heavy (non-hydrogen) atoms. The number of anilines is 1. The minimum Gasteiger partial charge on any atom is -0.550 e. The molecule has 5 nitrogen and oxygen atoms in total. The van der Waals surface area contributed by atoms with E-state index in [4.69, 9.17) is 0 Å². The minimum absolute atomic E-state index is 0.0891. The van der Waals surface area contributed by atoms with Crippen LogP contribution in [0.1, 0.15) is 24.5 Å². The number of hydrogen-bond donors (Lipinski definition) is 1. The summed E-state index contributed by atoms with van der Waals surface area (Å²) < 4.78 is 27.5. The van der Waals surface area contributed by atoms with Crippen LogP contribution in [-0.4, -0.2) is 14.4 Å². The molecule has 0 aliphatic heterocycles. The van der Waals surface area contributed by atoms with Gasteiger partial charge in [-0.05, 0) is 48.6 Å². The van der Waals surface area contributed by atoms with Gasteiger partial charge in [-0.2, -0.15) is 0 Å². The van der Waals surface area contributed by atoms with E-state index in [2.05, 4.69) is 4.72 Å². The Morgan fingerprint density at radius 1 is 1.09 bits per heavy atom. The van der Waals surface area contributed by atoms with Gasteiger partial charge in [-0.3, -0.25) is 4.72 Å². The molecular weight excluding hydrogens is 314 g/mol. The molecule has 6 heteroatoms. The lowest BCUT2D eigenvalue weighted by atomic mass is 10.1. The summed E-state index contributed by atoms with van der Waals surface area (Å²) in [6.45, 7) is 1.96. The molecule has 122 valence electrons. The van der Waals surface area contributed by atoms with Crippen molar-refractivity contribution < 1.29 is 18.3 Å². The van der Waals surface area contributed by atoms with Gasteiger partial charge in [0.05, 0.1) is 10.6 Å². The summed E-state index contributed by atoms with van der Waals surface area (Å²) in [4.78, 5) is 10.6. The van der Waals surface area contributed by atoms with Crippen LogP contribution in [0.15, 0.2) is 53.4 Å². The molecular formula is C17H18NO4S-. The van der Waals surface area contributed by atoms with Gasteiger partial charge in [-0.15, -0.1) is 0 Å². The Balaban J connectivity index is 2.17. The molecule has 0 unspecified atom stereocenters. The highest BCUT2D eigenvalue weighted by Crippen LogP contribution is 2.21. The topological polar surface area (TPSA) is 86.3 Å². The fourth-order valence-corrected chi connectivity index (χ4v) is 3.31. The molecule has 2 aromatic carbocycles. The number of rotatable bonds is 7. The standard InChI is InChI=1S/C17H19NO4S/c1-2-14-5-3-4-6-16(14)18-23(21,22)15-10-7-13(8-11-15)9-12-17(19)20/h3-8,10-11,18H,2,9,12H2,1H3,(H,19,20)/p-1. The van der Waals surface area contributed by atoms with E-state index in [0.29, 0.717) is 12.1 Å². The summed E-state index contributed by atoms with van der Waals surface area (Å²) in [5.74, 6) is -1.13. The lowest BCUT2D eigenvalue weighted by molar-refractivity contribution is -0.305. The van der Waals surface area contributed by atoms with E-state index >= 15 is 0 Å². The highest BCUT2D eigenvalue weighted by molar-refractivity contribution is 7.92. The van der Waals surface area contributed by atoms with Crippen molar-refractivity contribution in [1.29, 1.82) is 0 Å². The highest BCUT2D eigenvalue weighted by Gasteiger charge is 2.15. The Kier molecular flexibility index (Phi) is 5.39. The average Bonchev–Trinajstić information content (AvgIpc) is 2.53. The van der Waals surface area contributed by atoms with Crippen molar-refractivity contribution in [2.24, 2.45) is 0 Å². The molecule has 0 atom stereocenters. The van der Waals surface area contributed by atoms with Crippen molar-refractivity contribution in [3.8, 4) is 0 Å². The van der Waals surface area contributed by atoms with Gasteiger partial charge in [-0.1, -0.05) is 37.3 Å². The second kappa shape index (κ2) is 7.28. The SMILES string of the molecule is CCc1ccccc1NS(=O)(=O)c1ccc(CCC(=O)[O-])cc1. The monoisotopic (exact) mass is 332 g/mol. The van der Waals surface area contributed by atoms with E-state index in [1.165, 1.54) is 12.1 Å². The first-order valence-corrected chi connectivity index (χ1v) is 8.80. The number of carboxylic acids is 1. The van der Waals surface area contributed by atoms with Gasteiger partial charge in [0.1, 0.15) is 0 Å². The number of para-hydroxylation sites is 1. The first kappa shape index (κ1) is 17.0. The zero-order valence-electron chi connectivity index (χ0n) is 12.8. The van der Waals surface area contributed by atoms with Crippen LogP contribution in [0, 0.1) is 0 Å². The van der Waals surface area contributed by atoms with Crippen LogP contribution < -0.4 is 9.83 Å². The Morgan fingerprint density at radius 3 is 2.35 bits per heavy atom. The number of benzene rings is 2. The Labute approximate surface area is 136 Å². The van der Waals surface area contributed by atoms with Gasteiger partial charge in [0.15, 0.2) is 0 Å². The molecule has 0 aliphatic rings. The van der Waals surface area contributed by atoms with Crippen molar-refractivity contribution >= 4 is 21.7 Å². The molecule has 0 fully saturated rings. The predicted octanol–water partition coefficient (Wildman–Crippen LogP) is 1.73. The Morgan fingerprint density at radius 2 is 1.74 bits per heavy atom. The maximum Gasteiger partial charge on any atom is 0.261 e. The second-order valence-electron chi connectivity index (χ2n) is 5.13. The van der Waals surface area contributed by atoms with Gasteiger partial charge in [0.25, 0.3) is 10.0 Å². The maximum absolute atomic E-state index is 12.4. The van der Waals surface area contributed by atoms with E-state index in [-0.39, 0.29) is 11.3 Å². The van der Waals surface area contributed by atoms with Crippen LogP contribution in [0.3, 0.4) is 0 Å². The molecule has 0 saturated heterocycles. The molecule has 0 heterocycles. The van der Waals surface area contributed by atoms with Gasteiger partial charge in [-0.25, -0.2) is 8.42 Å². The molecule has 0 bridgehead atoms. The molecule has 2 rings (SSSR count). The highest BCUT2D eigenvalue weighted by atomic mass is 32.2. The average molecular weight is 332 g/mol.